The molecule has 1 atom stereocenters. The summed E-state index contributed by atoms with van der Waals surface area (Å²) < 4.78 is 6.10. The number of hydrogen-bond acceptors (Lipinski definition) is 3. The van der Waals surface area contributed by atoms with E-state index in [1.54, 1.807) is 0 Å². The molecule has 0 aliphatic heterocycles. The number of aromatic nitrogens is 2. The number of nitrogens with zero attached hydrogens (tertiary/aromatic N) is 2. The molecular weight excluding hydrogens is 789 g/mol. The lowest BCUT2D eigenvalue weighted by atomic mass is 9.74. The SMILES string of the molecule is CC1(c2ccccc2)c2ccccc2-c2ccc(-c3cc(-c4ccc(-c5ccc6c(ccc7cc(-c8ccc9oc%10ccccc%10c9c8)ccc76)c5)cc4)nc(-c4ccccc4)n3)cc21. The summed E-state index contributed by atoms with van der Waals surface area (Å²) in [4.78, 5) is 10.4. The fourth-order valence-electron chi connectivity index (χ4n) is 10.4. The van der Waals surface area contributed by atoms with Gasteiger partial charge in [0.05, 0.1) is 11.4 Å². The molecule has 1 aliphatic rings. The Hall–Kier alpha value is -8.40. The summed E-state index contributed by atoms with van der Waals surface area (Å²) in [5, 5.41) is 7.21. The lowest BCUT2D eigenvalue weighted by Gasteiger charge is -2.28. The van der Waals surface area contributed by atoms with Gasteiger partial charge in [-0.25, -0.2) is 9.97 Å². The van der Waals surface area contributed by atoms with Crippen molar-refractivity contribution in [3.8, 4) is 67.3 Å². The van der Waals surface area contributed by atoms with Crippen molar-refractivity contribution in [3.05, 3.63) is 241 Å². The van der Waals surface area contributed by atoms with Crippen LogP contribution in [0.2, 0.25) is 0 Å². The van der Waals surface area contributed by atoms with Gasteiger partial charge in [0.25, 0.3) is 0 Å². The van der Waals surface area contributed by atoms with E-state index >= 15 is 0 Å². The molecule has 0 saturated heterocycles. The van der Waals surface area contributed by atoms with Crippen molar-refractivity contribution in [1.29, 1.82) is 0 Å². The maximum absolute atomic E-state index is 6.10. The molecule has 0 saturated carbocycles. The molecule has 0 fully saturated rings. The van der Waals surface area contributed by atoms with E-state index in [9.17, 15) is 0 Å². The summed E-state index contributed by atoms with van der Waals surface area (Å²) in [5.41, 5.74) is 17.6. The van der Waals surface area contributed by atoms with Gasteiger partial charge in [-0.15, -0.1) is 0 Å². The zero-order chi connectivity index (χ0) is 43.1. The van der Waals surface area contributed by atoms with Crippen molar-refractivity contribution < 1.29 is 4.42 Å². The molecule has 12 aromatic rings. The van der Waals surface area contributed by atoms with Crippen LogP contribution in [-0.4, -0.2) is 9.97 Å². The second-order valence-corrected chi connectivity index (χ2v) is 17.4. The Kier molecular flexibility index (Phi) is 8.34. The van der Waals surface area contributed by atoms with Crippen LogP contribution in [0, 0.1) is 0 Å². The average molecular weight is 829 g/mol. The maximum Gasteiger partial charge on any atom is 0.160 e. The van der Waals surface area contributed by atoms with Crippen LogP contribution in [0.1, 0.15) is 23.6 Å². The summed E-state index contributed by atoms with van der Waals surface area (Å²) in [7, 11) is 0. The van der Waals surface area contributed by atoms with Gasteiger partial charge in [-0.3, -0.25) is 0 Å². The molecule has 1 unspecified atom stereocenters. The number of benzene rings is 10. The first-order valence-electron chi connectivity index (χ1n) is 22.3. The summed E-state index contributed by atoms with van der Waals surface area (Å²) in [5.74, 6) is 0.707. The van der Waals surface area contributed by atoms with Gasteiger partial charge in [0, 0.05) is 32.9 Å². The first-order chi connectivity index (χ1) is 32.0. The third kappa shape index (κ3) is 6.04. The molecule has 3 nitrogen and oxygen atoms in total. The van der Waals surface area contributed by atoms with Gasteiger partial charge in [-0.1, -0.05) is 182 Å². The first kappa shape index (κ1) is 37.2. The molecule has 0 N–H and O–H groups in total. The van der Waals surface area contributed by atoms with E-state index in [2.05, 4.69) is 201 Å². The molecule has 0 bridgehead atoms. The zero-order valence-corrected chi connectivity index (χ0v) is 35.7. The van der Waals surface area contributed by atoms with Gasteiger partial charge in [0.15, 0.2) is 5.82 Å². The monoisotopic (exact) mass is 828 g/mol. The van der Waals surface area contributed by atoms with Gasteiger partial charge >= 0.3 is 0 Å². The summed E-state index contributed by atoms with van der Waals surface area (Å²) >= 11 is 0. The number of rotatable bonds is 6. The number of hydrogen-bond donors (Lipinski definition) is 0. The lowest BCUT2D eigenvalue weighted by Crippen LogP contribution is -2.22. The Morgan fingerprint density at radius 2 is 0.892 bits per heavy atom. The Morgan fingerprint density at radius 3 is 1.66 bits per heavy atom. The van der Waals surface area contributed by atoms with Crippen LogP contribution in [0.3, 0.4) is 0 Å². The van der Waals surface area contributed by atoms with Crippen molar-refractivity contribution in [1.82, 2.24) is 9.97 Å². The molecule has 0 radical (unpaired) electrons. The average Bonchev–Trinajstić information content (AvgIpc) is 3.88. The van der Waals surface area contributed by atoms with Crippen LogP contribution in [0.15, 0.2) is 229 Å². The Morgan fingerprint density at radius 1 is 0.338 bits per heavy atom. The van der Waals surface area contributed by atoms with E-state index in [-0.39, 0.29) is 5.41 Å². The zero-order valence-electron chi connectivity index (χ0n) is 35.7. The third-order valence-electron chi connectivity index (χ3n) is 13.8. The van der Waals surface area contributed by atoms with E-state index in [4.69, 9.17) is 14.4 Å². The molecule has 0 amide bonds. The molecule has 304 valence electrons. The summed E-state index contributed by atoms with van der Waals surface area (Å²) in [6, 6.07) is 80.7. The van der Waals surface area contributed by atoms with E-state index in [1.165, 1.54) is 66.1 Å². The summed E-state index contributed by atoms with van der Waals surface area (Å²) in [6.45, 7) is 2.36. The highest BCUT2D eigenvalue weighted by Gasteiger charge is 2.40. The number of fused-ring (bicyclic) bond motifs is 9. The quantitative estimate of drug-likeness (QED) is 0.157. The smallest absolute Gasteiger partial charge is 0.160 e. The minimum atomic E-state index is -0.302. The Balaban J connectivity index is 0.842. The lowest BCUT2D eigenvalue weighted by molar-refractivity contribution is 0.669. The molecule has 1 aliphatic carbocycles. The molecule has 0 spiro atoms. The molecule has 3 heteroatoms. The van der Waals surface area contributed by atoms with Gasteiger partial charge in [0.1, 0.15) is 11.2 Å². The van der Waals surface area contributed by atoms with Gasteiger partial charge in [0.2, 0.25) is 0 Å². The predicted octanol–water partition coefficient (Wildman–Crippen LogP) is 16.4. The van der Waals surface area contributed by atoms with Gasteiger partial charge in [-0.2, -0.15) is 0 Å². The molecule has 2 heterocycles. The van der Waals surface area contributed by atoms with Crippen molar-refractivity contribution in [2.75, 3.05) is 0 Å². The second-order valence-electron chi connectivity index (χ2n) is 17.4. The highest BCUT2D eigenvalue weighted by Crippen LogP contribution is 2.53. The van der Waals surface area contributed by atoms with E-state index in [0.29, 0.717) is 5.82 Å². The second kappa shape index (κ2) is 14.6. The molecular formula is C62H40N2O. The number of para-hydroxylation sites is 1. The summed E-state index contributed by atoms with van der Waals surface area (Å²) in [6.07, 6.45) is 0. The first-order valence-corrected chi connectivity index (χ1v) is 22.3. The highest BCUT2D eigenvalue weighted by atomic mass is 16.3. The van der Waals surface area contributed by atoms with Crippen molar-refractivity contribution in [3.63, 3.8) is 0 Å². The largest absolute Gasteiger partial charge is 0.456 e. The molecule has 10 aromatic carbocycles. The molecule has 2 aromatic heterocycles. The van der Waals surface area contributed by atoms with Gasteiger partial charge < -0.3 is 4.42 Å². The number of furan rings is 1. The molecule has 65 heavy (non-hydrogen) atoms. The molecule has 13 rings (SSSR count). The van der Waals surface area contributed by atoms with Crippen LogP contribution in [-0.2, 0) is 5.41 Å². The Labute approximate surface area is 377 Å². The van der Waals surface area contributed by atoms with E-state index < -0.39 is 0 Å². The normalized spacial score (nSPS) is 14.3. The standard InChI is InChI=1S/C62H40N2O/c1-62(48-14-6-3-7-15-48)55-18-10-8-16-51(55)52-32-28-47(37-56(52)62)58-38-57(63-61(64-58)41-12-4-2-5-13-41)40-22-20-39(21-23-40)42-26-30-49-45(34-42)24-25-46-35-43(27-31-50(46)49)44-29-33-60-54(36-44)53-17-9-11-19-59(53)65-60/h2-38H,1H3. The van der Waals surface area contributed by atoms with E-state index in [0.717, 1.165) is 55.6 Å². The van der Waals surface area contributed by atoms with Crippen molar-refractivity contribution in [2.45, 2.75) is 12.3 Å². The van der Waals surface area contributed by atoms with Crippen molar-refractivity contribution in [2.24, 2.45) is 0 Å². The fourth-order valence-corrected chi connectivity index (χ4v) is 10.4. The van der Waals surface area contributed by atoms with Crippen molar-refractivity contribution >= 4 is 43.5 Å². The third-order valence-corrected chi connectivity index (χ3v) is 13.8. The topological polar surface area (TPSA) is 38.9 Å². The van der Waals surface area contributed by atoms with Gasteiger partial charge in [-0.05, 0) is 121 Å². The minimum Gasteiger partial charge on any atom is -0.456 e. The van der Waals surface area contributed by atoms with Crippen LogP contribution in [0.25, 0.3) is 111 Å². The highest BCUT2D eigenvalue weighted by molar-refractivity contribution is 6.10. The van der Waals surface area contributed by atoms with Crippen LogP contribution in [0.5, 0.6) is 0 Å². The fraction of sp³-hybridized carbons (Fsp3) is 0.0323. The maximum atomic E-state index is 6.10. The predicted molar refractivity (Wildman–Crippen MR) is 269 cm³/mol. The van der Waals surface area contributed by atoms with Crippen LogP contribution < -0.4 is 0 Å². The van der Waals surface area contributed by atoms with E-state index in [1.807, 2.05) is 30.3 Å². The minimum absolute atomic E-state index is 0.302. The Bertz CT molecular complexity index is 3830. The van der Waals surface area contributed by atoms with Crippen LogP contribution >= 0.6 is 0 Å². The van der Waals surface area contributed by atoms with Crippen LogP contribution in [0.4, 0.5) is 0 Å².